The maximum Gasteiger partial charge on any atom is 0.292 e. The number of hydrogen-bond acceptors (Lipinski definition) is 2. The number of ketones is 1. The average Bonchev–Trinajstić information content (AvgIpc) is 3.24. The Balaban J connectivity index is 1.47. The van der Waals surface area contributed by atoms with Crippen molar-refractivity contribution in [3.05, 3.63) is 35.5 Å². The van der Waals surface area contributed by atoms with Gasteiger partial charge < -0.3 is 10.3 Å². The van der Waals surface area contributed by atoms with Gasteiger partial charge in [0.05, 0.1) is 5.56 Å². The molecule has 2 bridgehead atoms. The van der Waals surface area contributed by atoms with Gasteiger partial charge in [0, 0.05) is 23.1 Å². The summed E-state index contributed by atoms with van der Waals surface area (Å²) in [6.07, 6.45) is 5.17. The molecule has 0 radical (unpaired) electrons. The summed E-state index contributed by atoms with van der Waals surface area (Å²) in [5, 5.41) is 3.71. The summed E-state index contributed by atoms with van der Waals surface area (Å²) in [4.78, 5) is 28.1. The SMILES string of the molecule is Cc1[nH]c2ccccc2c1C(=O)C(=O)NC[C@@H]1C[C@H]2CC[C@H]1C2. The molecule has 1 amide bonds. The Kier molecular flexibility index (Phi) is 3.47. The van der Waals surface area contributed by atoms with Gasteiger partial charge in [0.15, 0.2) is 0 Å². The van der Waals surface area contributed by atoms with Crippen molar-refractivity contribution in [2.75, 3.05) is 6.54 Å². The molecular weight excluding hydrogens is 288 g/mol. The van der Waals surface area contributed by atoms with Crippen LogP contribution in [0, 0.1) is 24.7 Å². The van der Waals surface area contributed by atoms with Gasteiger partial charge in [-0.2, -0.15) is 0 Å². The summed E-state index contributed by atoms with van der Waals surface area (Å²) < 4.78 is 0. The van der Waals surface area contributed by atoms with Gasteiger partial charge in [-0.25, -0.2) is 0 Å². The molecule has 1 aromatic heterocycles. The van der Waals surface area contributed by atoms with E-state index >= 15 is 0 Å². The molecule has 2 aromatic rings. The number of aryl methyl sites for hydroxylation is 1. The van der Waals surface area contributed by atoms with Crippen LogP contribution in [-0.4, -0.2) is 23.2 Å². The Morgan fingerprint density at radius 2 is 2.04 bits per heavy atom. The van der Waals surface area contributed by atoms with Crippen LogP contribution in [0.1, 0.15) is 41.7 Å². The number of H-pyrrole nitrogens is 1. The highest BCUT2D eigenvalue weighted by Gasteiger charge is 2.39. The van der Waals surface area contributed by atoms with Crippen molar-refractivity contribution in [2.24, 2.45) is 17.8 Å². The molecule has 0 unspecified atom stereocenters. The maximum absolute atomic E-state index is 12.6. The van der Waals surface area contributed by atoms with Gasteiger partial charge in [-0.05, 0) is 50.0 Å². The molecule has 1 aromatic carbocycles. The second-order valence-corrected chi connectivity index (χ2v) is 7.14. The van der Waals surface area contributed by atoms with Gasteiger partial charge in [-0.3, -0.25) is 9.59 Å². The van der Waals surface area contributed by atoms with E-state index in [9.17, 15) is 9.59 Å². The zero-order valence-electron chi connectivity index (χ0n) is 13.4. The molecule has 4 heteroatoms. The fraction of sp³-hybridized carbons (Fsp3) is 0.474. The first-order valence-corrected chi connectivity index (χ1v) is 8.53. The number of hydrogen-bond donors (Lipinski definition) is 2. The molecule has 3 atom stereocenters. The van der Waals surface area contributed by atoms with Gasteiger partial charge in [0.1, 0.15) is 0 Å². The highest BCUT2D eigenvalue weighted by molar-refractivity contribution is 6.45. The van der Waals surface area contributed by atoms with Crippen LogP contribution in [0.3, 0.4) is 0 Å². The Labute approximate surface area is 135 Å². The van der Waals surface area contributed by atoms with Crippen molar-refractivity contribution < 1.29 is 9.59 Å². The lowest BCUT2D eigenvalue weighted by atomic mass is 9.89. The highest BCUT2D eigenvalue weighted by atomic mass is 16.2. The van der Waals surface area contributed by atoms with Crippen molar-refractivity contribution in [3.63, 3.8) is 0 Å². The Hall–Kier alpha value is -2.10. The fourth-order valence-electron chi connectivity index (χ4n) is 4.61. The van der Waals surface area contributed by atoms with Gasteiger partial charge >= 0.3 is 0 Å². The lowest BCUT2D eigenvalue weighted by molar-refractivity contribution is -0.117. The molecule has 4 rings (SSSR count). The quantitative estimate of drug-likeness (QED) is 0.673. The van der Waals surface area contributed by atoms with Crippen molar-refractivity contribution in [3.8, 4) is 0 Å². The van der Waals surface area contributed by atoms with Gasteiger partial charge in [-0.1, -0.05) is 24.6 Å². The van der Waals surface area contributed by atoms with Crippen LogP contribution in [0.2, 0.25) is 0 Å². The minimum Gasteiger partial charge on any atom is -0.358 e. The lowest BCUT2D eigenvalue weighted by Gasteiger charge is -2.21. The van der Waals surface area contributed by atoms with E-state index in [1.807, 2.05) is 31.2 Å². The third-order valence-electron chi connectivity index (χ3n) is 5.74. The molecule has 0 spiro atoms. The minimum atomic E-state index is -0.472. The number of benzene rings is 1. The summed E-state index contributed by atoms with van der Waals surface area (Å²) in [7, 11) is 0. The third kappa shape index (κ3) is 2.46. The first-order chi connectivity index (χ1) is 11.1. The predicted molar refractivity (Wildman–Crippen MR) is 89.3 cm³/mol. The van der Waals surface area contributed by atoms with Gasteiger partial charge in [0.2, 0.25) is 0 Å². The molecule has 4 nitrogen and oxygen atoms in total. The molecule has 1 heterocycles. The van der Waals surface area contributed by atoms with Crippen molar-refractivity contribution >= 4 is 22.6 Å². The second kappa shape index (κ2) is 5.52. The fourth-order valence-corrected chi connectivity index (χ4v) is 4.61. The van der Waals surface area contributed by atoms with Crippen LogP contribution in [0.4, 0.5) is 0 Å². The molecule has 2 fully saturated rings. The van der Waals surface area contributed by atoms with Crippen LogP contribution >= 0.6 is 0 Å². The Morgan fingerprint density at radius 3 is 2.78 bits per heavy atom. The topological polar surface area (TPSA) is 62.0 Å². The number of Topliss-reactive ketones (excluding diaryl/α,β-unsaturated/α-hetero) is 1. The van der Waals surface area contributed by atoms with E-state index in [0.29, 0.717) is 18.0 Å². The molecular formula is C19H22N2O2. The Morgan fingerprint density at radius 1 is 1.22 bits per heavy atom. The summed E-state index contributed by atoms with van der Waals surface area (Å²) in [5.74, 6) is 1.27. The van der Waals surface area contributed by atoms with Gasteiger partial charge in [0.25, 0.3) is 11.7 Å². The number of amides is 1. The number of nitrogens with one attached hydrogen (secondary N) is 2. The minimum absolute atomic E-state index is 0.428. The van der Waals surface area contributed by atoms with E-state index in [1.54, 1.807) is 0 Å². The molecule has 2 aliphatic carbocycles. The van der Waals surface area contributed by atoms with Crippen molar-refractivity contribution in [1.29, 1.82) is 0 Å². The largest absolute Gasteiger partial charge is 0.358 e. The number of rotatable bonds is 4. The van der Waals surface area contributed by atoms with Gasteiger partial charge in [-0.15, -0.1) is 0 Å². The van der Waals surface area contributed by atoms with E-state index in [4.69, 9.17) is 0 Å². The molecule has 2 N–H and O–H groups in total. The normalized spacial score (nSPS) is 25.9. The number of para-hydroxylation sites is 1. The monoisotopic (exact) mass is 310 g/mol. The first-order valence-electron chi connectivity index (χ1n) is 8.53. The zero-order valence-corrected chi connectivity index (χ0v) is 13.4. The van der Waals surface area contributed by atoms with E-state index in [2.05, 4.69) is 10.3 Å². The number of aromatic nitrogens is 1. The maximum atomic E-state index is 12.6. The van der Waals surface area contributed by atoms with E-state index in [-0.39, 0.29) is 0 Å². The molecule has 2 saturated carbocycles. The summed E-state index contributed by atoms with van der Waals surface area (Å²) in [5.41, 5.74) is 2.16. The molecule has 2 aliphatic rings. The summed E-state index contributed by atoms with van der Waals surface area (Å²) in [6, 6.07) is 7.61. The first kappa shape index (κ1) is 14.5. The van der Waals surface area contributed by atoms with E-state index in [1.165, 1.54) is 25.7 Å². The molecule has 120 valence electrons. The predicted octanol–water partition coefficient (Wildman–Crippen LogP) is 3.21. The lowest BCUT2D eigenvalue weighted by Crippen LogP contribution is -2.36. The Bertz CT molecular complexity index is 777. The smallest absolute Gasteiger partial charge is 0.292 e. The van der Waals surface area contributed by atoms with E-state index in [0.717, 1.165) is 28.4 Å². The van der Waals surface area contributed by atoms with Crippen LogP contribution in [0.5, 0.6) is 0 Å². The van der Waals surface area contributed by atoms with Crippen LogP contribution < -0.4 is 5.32 Å². The standard InChI is InChI=1S/C19H22N2O2/c1-11-17(15-4-2-3-5-16(15)21-11)18(22)19(23)20-10-14-9-12-6-7-13(14)8-12/h2-5,12-14,21H,6-10H2,1H3,(H,20,23)/t12-,13-,14-/m0/s1. The van der Waals surface area contributed by atoms with Crippen LogP contribution in [0.15, 0.2) is 24.3 Å². The molecule has 0 aliphatic heterocycles. The van der Waals surface area contributed by atoms with Crippen LogP contribution in [0.25, 0.3) is 10.9 Å². The third-order valence-corrected chi connectivity index (χ3v) is 5.74. The highest BCUT2D eigenvalue weighted by Crippen LogP contribution is 2.47. The second-order valence-electron chi connectivity index (χ2n) is 7.14. The number of carbonyl (C=O) groups is 2. The van der Waals surface area contributed by atoms with E-state index < -0.39 is 11.7 Å². The average molecular weight is 310 g/mol. The molecule has 0 saturated heterocycles. The number of aromatic amines is 1. The van der Waals surface area contributed by atoms with Crippen molar-refractivity contribution in [2.45, 2.75) is 32.6 Å². The van der Waals surface area contributed by atoms with Crippen LogP contribution in [-0.2, 0) is 4.79 Å². The number of carbonyl (C=O) groups excluding carboxylic acids is 2. The zero-order chi connectivity index (χ0) is 16.0. The van der Waals surface area contributed by atoms with Crippen molar-refractivity contribution in [1.82, 2.24) is 10.3 Å². The number of fused-ring (bicyclic) bond motifs is 3. The summed E-state index contributed by atoms with van der Waals surface area (Å²) in [6.45, 7) is 2.49. The molecule has 23 heavy (non-hydrogen) atoms. The summed E-state index contributed by atoms with van der Waals surface area (Å²) >= 11 is 0.